The molecule has 0 unspecified atom stereocenters. The van der Waals surface area contributed by atoms with Gasteiger partial charge in [-0.3, -0.25) is 4.98 Å². The number of methoxy groups -OCH3 is 1. The zero-order chi connectivity index (χ0) is 21.3. The molecule has 0 amide bonds. The molecule has 2 aromatic heterocycles. The number of aryl methyl sites for hydroxylation is 1. The van der Waals surface area contributed by atoms with Gasteiger partial charge in [-0.15, -0.1) is 0 Å². The summed E-state index contributed by atoms with van der Waals surface area (Å²) < 4.78 is 20.9. The van der Waals surface area contributed by atoms with Crippen LogP contribution in [0.5, 0.6) is 0 Å². The quantitative estimate of drug-likeness (QED) is 0.600. The van der Waals surface area contributed by atoms with Crippen molar-refractivity contribution in [1.29, 1.82) is 0 Å². The van der Waals surface area contributed by atoms with E-state index in [-0.39, 0.29) is 17.9 Å². The number of halogens is 1. The molecule has 1 aliphatic heterocycles. The molecule has 0 spiro atoms. The van der Waals surface area contributed by atoms with Gasteiger partial charge in [-0.2, -0.15) is 0 Å². The van der Waals surface area contributed by atoms with Gasteiger partial charge in [0.1, 0.15) is 5.82 Å². The minimum atomic E-state index is -0.243. The summed E-state index contributed by atoms with van der Waals surface area (Å²) in [6.45, 7) is 5.41. The summed E-state index contributed by atoms with van der Waals surface area (Å²) >= 11 is 5.68. The highest BCUT2D eigenvalue weighted by Crippen LogP contribution is 2.41. The average Bonchev–Trinajstić information content (AvgIpc) is 3.23. The first-order chi connectivity index (χ1) is 14.5. The summed E-state index contributed by atoms with van der Waals surface area (Å²) in [6.07, 6.45) is 1.80. The number of nitrogens with one attached hydrogen (secondary N) is 1. The van der Waals surface area contributed by atoms with Crippen molar-refractivity contribution < 1.29 is 9.13 Å². The fraction of sp³-hybridized carbons (Fsp3) is 0.304. The van der Waals surface area contributed by atoms with E-state index in [1.54, 1.807) is 25.4 Å². The van der Waals surface area contributed by atoms with E-state index < -0.39 is 0 Å². The van der Waals surface area contributed by atoms with Crippen molar-refractivity contribution in [3.05, 3.63) is 83.2 Å². The summed E-state index contributed by atoms with van der Waals surface area (Å²) in [7, 11) is 1.69. The number of nitrogens with zero attached hydrogens (tertiary/aromatic N) is 3. The van der Waals surface area contributed by atoms with Crippen molar-refractivity contribution in [2.75, 3.05) is 20.3 Å². The van der Waals surface area contributed by atoms with E-state index in [2.05, 4.69) is 39.7 Å². The topological polar surface area (TPSA) is 42.3 Å². The van der Waals surface area contributed by atoms with Crippen LogP contribution in [0.4, 0.5) is 4.39 Å². The van der Waals surface area contributed by atoms with E-state index in [0.29, 0.717) is 18.3 Å². The second-order valence-electron chi connectivity index (χ2n) is 7.45. The number of hydrogen-bond acceptors (Lipinski definition) is 3. The molecule has 30 heavy (non-hydrogen) atoms. The number of hydrogen-bond donors (Lipinski definition) is 1. The number of aromatic nitrogens is 2. The van der Waals surface area contributed by atoms with Gasteiger partial charge >= 0.3 is 0 Å². The third-order valence-corrected chi connectivity index (χ3v) is 5.96. The van der Waals surface area contributed by atoms with Crippen LogP contribution >= 0.6 is 12.2 Å². The predicted molar refractivity (Wildman–Crippen MR) is 119 cm³/mol. The average molecular weight is 425 g/mol. The molecule has 4 rings (SSSR count). The monoisotopic (exact) mass is 424 g/mol. The first kappa shape index (κ1) is 20.5. The van der Waals surface area contributed by atoms with Gasteiger partial charge < -0.3 is 19.5 Å². The SMILES string of the molecule is COCCN1C(=S)N[C@@H](c2ccccn2)[C@H]1c1cc(C)n(-c2ccc(F)cc2)c1C. The van der Waals surface area contributed by atoms with Gasteiger partial charge in [-0.25, -0.2) is 4.39 Å². The van der Waals surface area contributed by atoms with E-state index in [9.17, 15) is 4.39 Å². The standard InChI is InChI=1S/C23H25FN4OS/c1-15-14-19(16(2)28(15)18-9-7-17(24)8-10-18)22-21(20-6-4-5-11-25-20)26-23(30)27(22)12-13-29-3/h4-11,14,21-22H,12-13H2,1-3H3,(H,26,30)/t21-,22+/m0/s1. The Morgan fingerprint density at radius 2 is 1.93 bits per heavy atom. The van der Waals surface area contributed by atoms with Gasteiger partial charge in [0.15, 0.2) is 5.11 Å². The molecule has 5 nitrogen and oxygen atoms in total. The second-order valence-corrected chi connectivity index (χ2v) is 7.84. The zero-order valence-electron chi connectivity index (χ0n) is 17.3. The number of ether oxygens (including phenoxy) is 1. The molecule has 0 radical (unpaired) electrons. The Kier molecular flexibility index (Phi) is 5.83. The van der Waals surface area contributed by atoms with Crippen molar-refractivity contribution in [3.8, 4) is 5.69 Å². The Hall–Kier alpha value is -2.77. The molecule has 1 saturated heterocycles. The smallest absolute Gasteiger partial charge is 0.170 e. The van der Waals surface area contributed by atoms with Gasteiger partial charge in [0, 0.05) is 36.9 Å². The maximum atomic E-state index is 13.4. The van der Waals surface area contributed by atoms with E-state index in [1.165, 1.54) is 12.1 Å². The van der Waals surface area contributed by atoms with Gasteiger partial charge in [0.25, 0.3) is 0 Å². The van der Waals surface area contributed by atoms with E-state index in [4.69, 9.17) is 17.0 Å². The molecule has 3 heterocycles. The van der Waals surface area contributed by atoms with E-state index >= 15 is 0 Å². The largest absolute Gasteiger partial charge is 0.383 e. The fourth-order valence-electron chi connectivity index (χ4n) is 4.25. The summed E-state index contributed by atoms with van der Waals surface area (Å²) in [5.74, 6) is -0.243. The first-order valence-electron chi connectivity index (χ1n) is 9.93. The first-order valence-corrected chi connectivity index (χ1v) is 10.3. The Morgan fingerprint density at radius 1 is 1.17 bits per heavy atom. The molecule has 156 valence electrons. The van der Waals surface area contributed by atoms with Gasteiger partial charge in [0.05, 0.1) is 24.4 Å². The lowest BCUT2D eigenvalue weighted by molar-refractivity contribution is 0.164. The molecule has 0 aliphatic carbocycles. The number of benzene rings is 1. The molecular formula is C23H25FN4OS. The molecule has 7 heteroatoms. The Labute approximate surface area is 181 Å². The second kappa shape index (κ2) is 8.53. The van der Waals surface area contributed by atoms with Crippen LogP contribution < -0.4 is 5.32 Å². The summed E-state index contributed by atoms with van der Waals surface area (Å²) in [6, 6.07) is 14.6. The molecule has 1 aliphatic rings. The summed E-state index contributed by atoms with van der Waals surface area (Å²) in [5, 5.41) is 4.16. The van der Waals surface area contributed by atoms with Gasteiger partial charge in [0.2, 0.25) is 0 Å². The molecule has 2 atom stereocenters. The lowest BCUT2D eigenvalue weighted by atomic mass is 9.97. The van der Waals surface area contributed by atoms with Crippen molar-refractivity contribution in [2.45, 2.75) is 25.9 Å². The summed E-state index contributed by atoms with van der Waals surface area (Å²) in [4.78, 5) is 6.76. The molecule has 1 N–H and O–H groups in total. The van der Waals surface area contributed by atoms with Gasteiger partial charge in [-0.05, 0) is 74.1 Å². The predicted octanol–water partition coefficient (Wildman–Crippen LogP) is 4.25. The minimum absolute atomic E-state index is 0.0250. The van der Waals surface area contributed by atoms with E-state index in [0.717, 1.165) is 28.3 Å². The van der Waals surface area contributed by atoms with Crippen LogP contribution in [-0.4, -0.2) is 39.8 Å². The van der Waals surface area contributed by atoms with Crippen LogP contribution in [0.25, 0.3) is 5.69 Å². The van der Waals surface area contributed by atoms with Crippen molar-refractivity contribution >= 4 is 17.3 Å². The normalized spacial score (nSPS) is 18.7. The van der Waals surface area contributed by atoms with Crippen molar-refractivity contribution in [1.82, 2.24) is 19.8 Å². The van der Waals surface area contributed by atoms with E-state index in [1.807, 2.05) is 18.2 Å². The highest BCUT2D eigenvalue weighted by molar-refractivity contribution is 7.80. The summed E-state index contributed by atoms with van der Waals surface area (Å²) in [5.41, 5.74) is 5.22. The Morgan fingerprint density at radius 3 is 2.60 bits per heavy atom. The lowest BCUT2D eigenvalue weighted by Crippen LogP contribution is -2.32. The Bertz CT molecular complexity index is 1040. The third kappa shape index (κ3) is 3.70. The number of pyridine rings is 1. The highest BCUT2D eigenvalue weighted by atomic mass is 32.1. The molecule has 1 fully saturated rings. The molecule has 1 aromatic carbocycles. The van der Waals surface area contributed by atoms with Crippen LogP contribution in [0.1, 0.15) is 34.7 Å². The molecule has 0 saturated carbocycles. The van der Waals surface area contributed by atoms with Crippen LogP contribution in [0, 0.1) is 19.7 Å². The maximum absolute atomic E-state index is 13.4. The highest BCUT2D eigenvalue weighted by Gasteiger charge is 2.41. The third-order valence-electron chi connectivity index (χ3n) is 5.61. The Balaban J connectivity index is 1.81. The number of thiocarbonyl (C=S) groups is 1. The maximum Gasteiger partial charge on any atom is 0.170 e. The zero-order valence-corrected chi connectivity index (χ0v) is 18.1. The van der Waals surface area contributed by atoms with Crippen molar-refractivity contribution in [3.63, 3.8) is 0 Å². The minimum Gasteiger partial charge on any atom is -0.383 e. The van der Waals surface area contributed by atoms with Crippen molar-refractivity contribution in [2.24, 2.45) is 0 Å². The molecule has 0 bridgehead atoms. The molecule has 3 aromatic rings. The fourth-order valence-corrected chi connectivity index (χ4v) is 4.58. The van der Waals surface area contributed by atoms with Crippen LogP contribution in [0.15, 0.2) is 54.7 Å². The van der Waals surface area contributed by atoms with Crippen LogP contribution in [0.2, 0.25) is 0 Å². The number of rotatable bonds is 6. The van der Waals surface area contributed by atoms with Crippen LogP contribution in [0.3, 0.4) is 0 Å². The van der Waals surface area contributed by atoms with Crippen LogP contribution in [-0.2, 0) is 4.74 Å². The lowest BCUT2D eigenvalue weighted by Gasteiger charge is -2.28. The van der Waals surface area contributed by atoms with Gasteiger partial charge in [-0.1, -0.05) is 6.07 Å². The molecular weight excluding hydrogens is 399 g/mol.